The van der Waals surface area contributed by atoms with Gasteiger partial charge in [0.1, 0.15) is 35.4 Å². The van der Waals surface area contributed by atoms with Crippen molar-refractivity contribution in [2.75, 3.05) is 0 Å². The van der Waals surface area contributed by atoms with E-state index in [1.807, 2.05) is 0 Å². The number of aryl methyl sites for hydroxylation is 2. The Labute approximate surface area is 329 Å². The Morgan fingerprint density at radius 3 is 1.15 bits per heavy atom. The van der Waals surface area contributed by atoms with Gasteiger partial charge >= 0.3 is 20.4 Å². The van der Waals surface area contributed by atoms with Gasteiger partial charge in [-0.1, -0.05) is 13.8 Å². The molecule has 276 valence electrons. The molecule has 55 heavy (non-hydrogen) atoms. The summed E-state index contributed by atoms with van der Waals surface area (Å²) in [5.74, 6) is -2.92. The zero-order valence-electron chi connectivity index (χ0n) is 30.9. The summed E-state index contributed by atoms with van der Waals surface area (Å²) in [4.78, 5) is 17.8. The van der Waals surface area contributed by atoms with E-state index in [0.717, 1.165) is 24.3 Å². The molecule has 8 nitrogen and oxygen atoms in total. The zero-order chi connectivity index (χ0) is 39.8. The number of rotatable bonds is 4. The molecule has 0 spiro atoms. The maximum Gasteiger partial charge on any atom is 2.00 e. The summed E-state index contributed by atoms with van der Waals surface area (Å²) in [5, 5.41) is 37.5. The standard InChI is InChI=1S/2C21H15F2N4.Pd/c2*1-10-16(8-24)12(3)26-20(10)19(15-6-5-14(22)7-18(15)23)21-11(2)17(9-25)13(4)27-21;/h2*5-7H,1-4H3;/q2*-1;+2/b2*20-19-;. The molecule has 2 aromatic heterocycles. The molecule has 4 heterocycles. The van der Waals surface area contributed by atoms with Gasteiger partial charge in [0.15, 0.2) is 0 Å². The normalized spacial score (nSPS) is 15.2. The minimum atomic E-state index is -0.762. The molecule has 0 atom stereocenters. The Morgan fingerprint density at radius 2 is 0.891 bits per heavy atom. The van der Waals surface area contributed by atoms with E-state index >= 15 is 0 Å². The van der Waals surface area contributed by atoms with Crippen LogP contribution < -0.4 is 9.97 Å². The van der Waals surface area contributed by atoms with Gasteiger partial charge in [-0.05, 0) is 99.2 Å². The van der Waals surface area contributed by atoms with Gasteiger partial charge in [-0.15, -0.1) is 22.8 Å². The van der Waals surface area contributed by atoms with Crippen LogP contribution in [0, 0.1) is 96.3 Å². The third-order valence-corrected chi connectivity index (χ3v) is 9.28. The van der Waals surface area contributed by atoms with E-state index < -0.39 is 23.3 Å². The average molecular weight is 829 g/mol. The Hall–Kier alpha value is -6.36. The Bertz CT molecular complexity index is 2490. The summed E-state index contributed by atoms with van der Waals surface area (Å²) in [6.45, 7) is 13.7. The van der Waals surface area contributed by atoms with Gasteiger partial charge in [0.05, 0.1) is 46.1 Å². The van der Waals surface area contributed by atoms with Gasteiger partial charge in [-0.25, -0.2) is 17.6 Å². The van der Waals surface area contributed by atoms with Crippen molar-refractivity contribution in [3.05, 3.63) is 150 Å². The molecule has 0 aliphatic carbocycles. The van der Waals surface area contributed by atoms with E-state index in [1.54, 1.807) is 55.4 Å². The summed E-state index contributed by atoms with van der Waals surface area (Å²) < 4.78 is 56.2. The smallest absolute Gasteiger partial charge is 0.660 e. The molecule has 13 heteroatoms. The van der Waals surface area contributed by atoms with Crippen molar-refractivity contribution >= 4 is 22.6 Å². The largest absolute Gasteiger partial charge is 2.00 e. The van der Waals surface area contributed by atoms with Crippen molar-refractivity contribution in [2.45, 2.75) is 55.4 Å². The summed E-state index contributed by atoms with van der Waals surface area (Å²) in [6, 6.07) is 15.0. The quantitative estimate of drug-likeness (QED) is 0.148. The molecule has 2 aliphatic rings. The molecular formula is C42H30F4N8Pd. The number of aromatic nitrogens is 2. The van der Waals surface area contributed by atoms with Crippen molar-refractivity contribution in [1.82, 2.24) is 9.97 Å². The van der Waals surface area contributed by atoms with Crippen LogP contribution in [0.15, 0.2) is 80.1 Å². The SMILES string of the molecule is CC1=N/C(=C(/c2ccc(F)cc2F)c2[n-]c(C)c(C#N)c2C)C(C)=C1C#N.CC1=N/C(=C(/c2ccc(F)cc2F)c2[n-]c(C)c(C#N)c2C)C(C)=C1C#N.[Pd+2]. The van der Waals surface area contributed by atoms with Gasteiger partial charge < -0.3 is 9.97 Å². The van der Waals surface area contributed by atoms with Crippen molar-refractivity contribution in [3.8, 4) is 24.3 Å². The van der Waals surface area contributed by atoms with Crippen LogP contribution in [0.25, 0.3) is 11.1 Å². The predicted octanol–water partition coefficient (Wildman–Crippen LogP) is 8.97. The maximum absolute atomic E-state index is 14.7. The molecule has 6 rings (SSSR count). The second-order valence-electron chi connectivity index (χ2n) is 12.6. The van der Waals surface area contributed by atoms with Crippen LogP contribution >= 0.6 is 0 Å². The summed E-state index contributed by atoms with van der Waals surface area (Å²) in [5.41, 5.74) is 8.61. The fraction of sp³-hybridized carbons (Fsp3) is 0.190. The molecule has 0 N–H and O–H groups in total. The molecule has 0 bridgehead atoms. The minimum absolute atomic E-state index is 0. The molecule has 2 aromatic carbocycles. The number of halogens is 4. The van der Waals surface area contributed by atoms with Gasteiger partial charge in [0, 0.05) is 34.4 Å². The summed E-state index contributed by atoms with van der Waals surface area (Å²) in [7, 11) is 0. The van der Waals surface area contributed by atoms with Crippen LogP contribution in [0.4, 0.5) is 17.6 Å². The van der Waals surface area contributed by atoms with Crippen LogP contribution in [-0.2, 0) is 20.4 Å². The fourth-order valence-electron chi connectivity index (χ4n) is 6.54. The number of hydrogen-bond acceptors (Lipinski definition) is 6. The number of hydrogen-bond donors (Lipinski definition) is 0. The summed E-state index contributed by atoms with van der Waals surface area (Å²) >= 11 is 0. The average Bonchev–Trinajstić information content (AvgIpc) is 3.77. The Kier molecular flexibility index (Phi) is 12.3. The fourth-order valence-corrected chi connectivity index (χ4v) is 6.54. The first-order valence-corrected chi connectivity index (χ1v) is 16.4. The second-order valence-corrected chi connectivity index (χ2v) is 12.6. The third-order valence-electron chi connectivity index (χ3n) is 9.28. The van der Waals surface area contributed by atoms with Crippen LogP contribution in [-0.4, -0.2) is 11.4 Å². The van der Waals surface area contributed by atoms with E-state index in [1.165, 1.54) is 12.1 Å². The van der Waals surface area contributed by atoms with Gasteiger partial charge in [0.2, 0.25) is 0 Å². The number of nitrogens with zero attached hydrogens (tertiary/aromatic N) is 8. The maximum atomic E-state index is 14.7. The van der Waals surface area contributed by atoms with E-state index in [0.29, 0.717) is 101 Å². The second kappa shape index (κ2) is 16.3. The molecule has 0 amide bonds. The van der Waals surface area contributed by atoms with Crippen molar-refractivity contribution in [2.24, 2.45) is 9.98 Å². The van der Waals surface area contributed by atoms with E-state index in [9.17, 15) is 38.6 Å². The number of aliphatic imine (C=N–C) groups is 2. The third kappa shape index (κ3) is 7.42. The van der Waals surface area contributed by atoms with E-state index in [2.05, 4.69) is 44.2 Å². The van der Waals surface area contributed by atoms with Crippen molar-refractivity contribution in [1.29, 1.82) is 21.0 Å². The predicted molar refractivity (Wildman–Crippen MR) is 196 cm³/mol. The Morgan fingerprint density at radius 1 is 0.545 bits per heavy atom. The molecule has 4 aromatic rings. The number of allylic oxidation sites excluding steroid dienone is 4. The first-order chi connectivity index (χ1) is 25.6. The van der Waals surface area contributed by atoms with Crippen LogP contribution in [0.2, 0.25) is 0 Å². The van der Waals surface area contributed by atoms with Crippen molar-refractivity contribution < 1.29 is 38.0 Å². The molecule has 0 unspecified atom stereocenters. The van der Waals surface area contributed by atoms with Crippen LogP contribution in [0.3, 0.4) is 0 Å². The van der Waals surface area contributed by atoms with E-state index in [-0.39, 0.29) is 31.5 Å². The molecule has 2 aliphatic heterocycles. The van der Waals surface area contributed by atoms with Gasteiger partial charge in [-0.2, -0.15) is 21.0 Å². The topological polar surface area (TPSA) is 148 Å². The van der Waals surface area contributed by atoms with E-state index in [4.69, 9.17) is 0 Å². The molecule has 0 saturated heterocycles. The van der Waals surface area contributed by atoms with Crippen LogP contribution in [0.5, 0.6) is 0 Å². The first-order valence-electron chi connectivity index (χ1n) is 16.4. The number of nitriles is 4. The van der Waals surface area contributed by atoms with Gasteiger partial charge in [0.25, 0.3) is 0 Å². The zero-order valence-corrected chi connectivity index (χ0v) is 32.4. The molecular weight excluding hydrogens is 799 g/mol. The first kappa shape index (κ1) is 41.4. The summed E-state index contributed by atoms with van der Waals surface area (Å²) in [6.07, 6.45) is 0. The monoisotopic (exact) mass is 828 g/mol. The molecule has 0 fully saturated rings. The molecule has 0 radical (unpaired) electrons. The minimum Gasteiger partial charge on any atom is -0.660 e. The van der Waals surface area contributed by atoms with Crippen molar-refractivity contribution in [3.63, 3.8) is 0 Å². The number of benzene rings is 2. The Balaban J connectivity index is 0.000000240. The molecule has 0 saturated carbocycles. The van der Waals surface area contributed by atoms with Crippen LogP contribution in [0.1, 0.15) is 83.9 Å². The van der Waals surface area contributed by atoms with Gasteiger partial charge in [-0.3, -0.25) is 9.98 Å².